The van der Waals surface area contributed by atoms with Gasteiger partial charge >= 0.3 is 5.97 Å². The molecule has 0 aliphatic carbocycles. The molecule has 0 radical (unpaired) electrons. The van der Waals surface area contributed by atoms with E-state index in [2.05, 4.69) is 22.5 Å². The molecule has 0 aromatic heterocycles. The van der Waals surface area contributed by atoms with Crippen LogP contribution in [-0.4, -0.2) is 30.1 Å². The number of halogens is 1. The summed E-state index contributed by atoms with van der Waals surface area (Å²) in [4.78, 5) is 11.9. The summed E-state index contributed by atoms with van der Waals surface area (Å²) in [5.41, 5.74) is -0.577. The van der Waals surface area contributed by atoms with Crippen molar-refractivity contribution in [1.82, 2.24) is 0 Å². The maximum Gasteiger partial charge on any atom is 0.315 e. The Hall–Kier alpha value is -0.350. The number of alkyl halides is 1. The Balaban J connectivity index is 4.51. The highest BCUT2D eigenvalue weighted by molar-refractivity contribution is 9.09. The molecule has 0 amide bonds. The van der Waals surface area contributed by atoms with Crippen LogP contribution in [0.15, 0.2) is 12.7 Å². The van der Waals surface area contributed by atoms with E-state index >= 15 is 0 Å². The van der Waals surface area contributed by atoms with Crippen LogP contribution < -0.4 is 0 Å². The third kappa shape index (κ3) is 5.68. The lowest BCUT2D eigenvalue weighted by Crippen LogP contribution is -2.30. The van der Waals surface area contributed by atoms with Crippen LogP contribution in [0.3, 0.4) is 0 Å². The molecular formula is C13H23BrO3. The molecule has 0 saturated heterocycles. The highest BCUT2D eigenvalue weighted by atomic mass is 79.9. The molecule has 0 aromatic carbocycles. The molecule has 1 atom stereocenters. The van der Waals surface area contributed by atoms with E-state index < -0.39 is 5.41 Å². The van der Waals surface area contributed by atoms with Gasteiger partial charge in [0.25, 0.3) is 0 Å². The van der Waals surface area contributed by atoms with Crippen molar-refractivity contribution < 1.29 is 14.6 Å². The van der Waals surface area contributed by atoms with Crippen LogP contribution >= 0.6 is 15.9 Å². The smallest absolute Gasteiger partial charge is 0.315 e. The van der Waals surface area contributed by atoms with E-state index in [1.54, 1.807) is 6.08 Å². The van der Waals surface area contributed by atoms with Crippen LogP contribution in [0, 0.1) is 5.41 Å². The molecule has 0 bridgehead atoms. The second-order valence-corrected chi connectivity index (χ2v) is 4.97. The summed E-state index contributed by atoms with van der Waals surface area (Å²) >= 11 is 3.38. The van der Waals surface area contributed by atoms with Crippen LogP contribution in [-0.2, 0) is 9.53 Å². The fourth-order valence-corrected chi connectivity index (χ4v) is 2.30. The number of methoxy groups -OCH3 is 1. The third-order valence-corrected chi connectivity index (χ3v) is 3.58. The van der Waals surface area contributed by atoms with Gasteiger partial charge in [0.05, 0.1) is 12.5 Å². The molecule has 0 aliphatic rings. The summed E-state index contributed by atoms with van der Waals surface area (Å²) in [6, 6.07) is 0. The van der Waals surface area contributed by atoms with Gasteiger partial charge in [-0.15, -0.1) is 6.58 Å². The SMILES string of the molecule is C=CC(CCCCO)(CCCCBr)C(=O)OC. The molecule has 0 spiro atoms. The van der Waals surface area contributed by atoms with Crippen molar-refractivity contribution >= 4 is 21.9 Å². The molecule has 17 heavy (non-hydrogen) atoms. The van der Waals surface area contributed by atoms with Crippen LogP contribution in [0.2, 0.25) is 0 Å². The predicted molar refractivity (Wildman–Crippen MR) is 73.2 cm³/mol. The van der Waals surface area contributed by atoms with Crippen LogP contribution in [0.1, 0.15) is 38.5 Å². The van der Waals surface area contributed by atoms with Crippen molar-refractivity contribution in [2.45, 2.75) is 38.5 Å². The largest absolute Gasteiger partial charge is 0.468 e. The Morgan fingerprint density at radius 1 is 1.35 bits per heavy atom. The fourth-order valence-electron chi connectivity index (χ4n) is 1.91. The second kappa shape index (κ2) is 9.66. The average molecular weight is 307 g/mol. The van der Waals surface area contributed by atoms with Crippen molar-refractivity contribution in [1.29, 1.82) is 0 Å². The van der Waals surface area contributed by atoms with Crippen LogP contribution in [0.5, 0.6) is 0 Å². The van der Waals surface area contributed by atoms with E-state index in [1.807, 2.05) is 0 Å². The topological polar surface area (TPSA) is 46.5 Å². The minimum absolute atomic E-state index is 0.162. The Morgan fingerprint density at radius 3 is 2.35 bits per heavy atom. The summed E-state index contributed by atoms with van der Waals surface area (Å²) < 4.78 is 4.88. The average Bonchev–Trinajstić information content (AvgIpc) is 2.36. The molecule has 0 saturated carbocycles. The normalized spacial score (nSPS) is 14.1. The Morgan fingerprint density at radius 2 is 1.94 bits per heavy atom. The number of carbonyl (C=O) groups excluding carboxylic acids is 1. The van der Waals surface area contributed by atoms with Gasteiger partial charge in [-0.3, -0.25) is 4.79 Å². The highest BCUT2D eigenvalue weighted by Crippen LogP contribution is 2.33. The zero-order chi connectivity index (χ0) is 13.1. The molecule has 100 valence electrons. The first-order valence-corrected chi connectivity index (χ1v) is 7.18. The molecule has 4 heteroatoms. The van der Waals surface area contributed by atoms with Crippen molar-refractivity contribution in [3.63, 3.8) is 0 Å². The van der Waals surface area contributed by atoms with E-state index in [0.29, 0.717) is 12.8 Å². The number of aliphatic hydroxyl groups is 1. The Labute approximate surface area is 112 Å². The monoisotopic (exact) mass is 306 g/mol. The van der Waals surface area contributed by atoms with Gasteiger partial charge in [-0.2, -0.15) is 0 Å². The zero-order valence-electron chi connectivity index (χ0n) is 10.6. The number of carbonyl (C=O) groups is 1. The first-order chi connectivity index (χ1) is 8.16. The highest BCUT2D eigenvalue weighted by Gasteiger charge is 2.35. The molecule has 0 fully saturated rings. The van der Waals surface area contributed by atoms with Gasteiger partial charge in [0.2, 0.25) is 0 Å². The van der Waals surface area contributed by atoms with E-state index in [-0.39, 0.29) is 12.6 Å². The number of esters is 1. The summed E-state index contributed by atoms with van der Waals surface area (Å²) in [5.74, 6) is -0.208. The molecule has 0 aliphatic heterocycles. The molecule has 0 rings (SSSR count). The van der Waals surface area contributed by atoms with Crippen LogP contribution in [0.25, 0.3) is 0 Å². The van der Waals surface area contributed by atoms with E-state index in [0.717, 1.165) is 31.0 Å². The number of hydrogen-bond acceptors (Lipinski definition) is 3. The Bertz CT molecular complexity index is 219. The van der Waals surface area contributed by atoms with Gasteiger partial charge in [0.15, 0.2) is 0 Å². The van der Waals surface area contributed by atoms with E-state index in [9.17, 15) is 4.79 Å². The van der Waals surface area contributed by atoms with Crippen molar-refractivity contribution in [3.05, 3.63) is 12.7 Å². The van der Waals surface area contributed by atoms with Crippen molar-refractivity contribution in [2.24, 2.45) is 5.41 Å². The van der Waals surface area contributed by atoms with Gasteiger partial charge in [-0.25, -0.2) is 0 Å². The fraction of sp³-hybridized carbons (Fsp3) is 0.769. The zero-order valence-corrected chi connectivity index (χ0v) is 12.2. The van der Waals surface area contributed by atoms with Crippen LogP contribution in [0.4, 0.5) is 0 Å². The molecule has 1 unspecified atom stereocenters. The predicted octanol–water partition coefficient (Wildman–Crippen LogP) is 3.06. The third-order valence-electron chi connectivity index (χ3n) is 3.02. The molecule has 3 nitrogen and oxygen atoms in total. The standard InChI is InChI=1S/C13H23BrO3/c1-3-13(12(16)17-2,8-4-6-10-14)9-5-7-11-15/h3,15H,1,4-11H2,2H3. The van der Waals surface area contributed by atoms with Crippen molar-refractivity contribution in [2.75, 3.05) is 19.0 Å². The molecule has 0 aromatic rings. The van der Waals surface area contributed by atoms with E-state index in [1.165, 1.54) is 7.11 Å². The van der Waals surface area contributed by atoms with Gasteiger partial charge in [0, 0.05) is 11.9 Å². The van der Waals surface area contributed by atoms with Gasteiger partial charge in [-0.1, -0.05) is 28.4 Å². The lowest BCUT2D eigenvalue weighted by atomic mass is 9.78. The number of aliphatic hydroxyl groups excluding tert-OH is 1. The number of ether oxygens (including phenoxy) is 1. The summed E-state index contributed by atoms with van der Waals surface area (Å²) in [7, 11) is 1.41. The summed E-state index contributed by atoms with van der Waals surface area (Å²) in [6.45, 7) is 3.95. The lowest BCUT2D eigenvalue weighted by molar-refractivity contribution is -0.150. The maximum absolute atomic E-state index is 11.9. The number of unbranched alkanes of at least 4 members (excludes halogenated alkanes) is 2. The first-order valence-electron chi connectivity index (χ1n) is 6.05. The van der Waals surface area contributed by atoms with E-state index in [4.69, 9.17) is 9.84 Å². The second-order valence-electron chi connectivity index (χ2n) is 4.18. The first kappa shape index (κ1) is 16.6. The molecular weight excluding hydrogens is 284 g/mol. The number of hydrogen-bond donors (Lipinski definition) is 1. The molecule has 1 N–H and O–H groups in total. The van der Waals surface area contributed by atoms with Gasteiger partial charge < -0.3 is 9.84 Å². The van der Waals surface area contributed by atoms with Gasteiger partial charge in [-0.05, 0) is 32.1 Å². The van der Waals surface area contributed by atoms with Gasteiger partial charge in [0.1, 0.15) is 0 Å². The van der Waals surface area contributed by atoms with Crippen molar-refractivity contribution in [3.8, 4) is 0 Å². The summed E-state index contributed by atoms with van der Waals surface area (Å²) in [5, 5.41) is 9.74. The minimum Gasteiger partial charge on any atom is -0.468 e. The lowest BCUT2D eigenvalue weighted by Gasteiger charge is -2.27. The summed E-state index contributed by atoms with van der Waals surface area (Å²) in [6.07, 6.45) is 6.70. The number of rotatable bonds is 10. The molecule has 0 heterocycles. The maximum atomic E-state index is 11.9. The minimum atomic E-state index is -0.577. The quantitative estimate of drug-likeness (QED) is 0.292. The Kier molecular flexibility index (Phi) is 9.46.